The molecule has 2 rings (SSSR count). The molecule has 0 aliphatic heterocycles. The Balaban J connectivity index is 2.54. The Bertz CT molecular complexity index is 498. The number of aromatic nitrogens is 2. The van der Waals surface area contributed by atoms with Gasteiger partial charge in [0.2, 0.25) is 0 Å². The maximum Gasteiger partial charge on any atom is 0.0572 e. The van der Waals surface area contributed by atoms with Crippen LogP contribution >= 0.6 is 0 Å². The standard InChI is InChI=1S/C13H17N3/c1-9(2)16-10(3)12(8-15-16)11-6-4-5-7-13(11)14/h4-9H,14H2,1-3H3. The molecule has 0 saturated heterocycles. The van der Waals surface area contributed by atoms with Crippen LogP contribution in [0.2, 0.25) is 0 Å². The van der Waals surface area contributed by atoms with Crippen molar-refractivity contribution in [1.29, 1.82) is 0 Å². The number of nitrogens with two attached hydrogens (primary N) is 1. The van der Waals surface area contributed by atoms with E-state index in [9.17, 15) is 0 Å². The van der Waals surface area contributed by atoms with Gasteiger partial charge < -0.3 is 5.73 Å². The molecule has 1 heterocycles. The van der Waals surface area contributed by atoms with Gasteiger partial charge in [0.05, 0.1) is 6.20 Å². The van der Waals surface area contributed by atoms with Crippen LogP contribution in [0.3, 0.4) is 0 Å². The first-order chi connectivity index (χ1) is 7.61. The van der Waals surface area contributed by atoms with E-state index in [1.807, 2.05) is 35.1 Å². The molecule has 0 aliphatic rings. The predicted molar refractivity (Wildman–Crippen MR) is 67.2 cm³/mol. The minimum Gasteiger partial charge on any atom is -0.398 e. The van der Waals surface area contributed by atoms with E-state index < -0.39 is 0 Å². The second-order valence-electron chi connectivity index (χ2n) is 4.27. The van der Waals surface area contributed by atoms with E-state index in [2.05, 4.69) is 25.9 Å². The lowest BCUT2D eigenvalue weighted by Gasteiger charge is -2.09. The molecule has 0 radical (unpaired) electrons. The first-order valence-electron chi connectivity index (χ1n) is 5.50. The number of rotatable bonds is 2. The van der Waals surface area contributed by atoms with Gasteiger partial charge in [-0.2, -0.15) is 5.10 Å². The van der Waals surface area contributed by atoms with Crippen LogP contribution in [0.25, 0.3) is 11.1 Å². The monoisotopic (exact) mass is 215 g/mol. The molecule has 2 N–H and O–H groups in total. The van der Waals surface area contributed by atoms with E-state index in [0.29, 0.717) is 6.04 Å². The smallest absolute Gasteiger partial charge is 0.0572 e. The highest BCUT2D eigenvalue weighted by Gasteiger charge is 2.11. The molecular formula is C13H17N3. The fourth-order valence-corrected chi connectivity index (χ4v) is 1.95. The lowest BCUT2D eigenvalue weighted by molar-refractivity contribution is 0.519. The molecule has 1 aromatic carbocycles. The number of benzene rings is 1. The highest BCUT2D eigenvalue weighted by molar-refractivity contribution is 5.77. The summed E-state index contributed by atoms with van der Waals surface area (Å²) in [6.07, 6.45) is 1.89. The lowest BCUT2D eigenvalue weighted by Crippen LogP contribution is -2.04. The average Bonchev–Trinajstić information content (AvgIpc) is 2.61. The lowest BCUT2D eigenvalue weighted by atomic mass is 10.1. The van der Waals surface area contributed by atoms with Crippen molar-refractivity contribution in [2.75, 3.05) is 5.73 Å². The normalized spacial score (nSPS) is 11.0. The van der Waals surface area contributed by atoms with Gasteiger partial charge in [0.15, 0.2) is 0 Å². The van der Waals surface area contributed by atoms with Crippen LogP contribution in [0, 0.1) is 6.92 Å². The van der Waals surface area contributed by atoms with Crippen LogP contribution in [0.1, 0.15) is 25.6 Å². The molecule has 0 aliphatic carbocycles. The molecule has 0 amide bonds. The molecule has 16 heavy (non-hydrogen) atoms. The molecule has 0 bridgehead atoms. The van der Waals surface area contributed by atoms with Crippen molar-refractivity contribution in [3.8, 4) is 11.1 Å². The van der Waals surface area contributed by atoms with E-state index in [0.717, 1.165) is 22.5 Å². The quantitative estimate of drug-likeness (QED) is 0.782. The predicted octanol–water partition coefficient (Wildman–Crippen LogP) is 3.02. The Hall–Kier alpha value is -1.77. The topological polar surface area (TPSA) is 43.8 Å². The number of nitrogens with zero attached hydrogens (tertiary/aromatic N) is 2. The number of nitrogen functional groups attached to an aromatic ring is 1. The Kier molecular flexibility index (Phi) is 2.69. The molecule has 0 spiro atoms. The first kappa shape index (κ1) is 10.7. The summed E-state index contributed by atoms with van der Waals surface area (Å²) in [5.41, 5.74) is 10.1. The fraction of sp³-hybridized carbons (Fsp3) is 0.308. The molecule has 0 saturated carbocycles. The highest BCUT2D eigenvalue weighted by Crippen LogP contribution is 2.29. The molecule has 1 aromatic heterocycles. The Morgan fingerprint density at radius 2 is 1.88 bits per heavy atom. The van der Waals surface area contributed by atoms with Gasteiger partial charge in [-0.15, -0.1) is 0 Å². The molecule has 3 nitrogen and oxygen atoms in total. The van der Waals surface area contributed by atoms with Crippen molar-refractivity contribution in [1.82, 2.24) is 9.78 Å². The van der Waals surface area contributed by atoms with E-state index in [4.69, 9.17) is 5.73 Å². The second-order valence-corrected chi connectivity index (χ2v) is 4.27. The summed E-state index contributed by atoms with van der Waals surface area (Å²) in [6, 6.07) is 8.27. The van der Waals surface area contributed by atoms with E-state index in [1.165, 1.54) is 0 Å². The van der Waals surface area contributed by atoms with Crippen LogP contribution in [0.15, 0.2) is 30.5 Å². The average molecular weight is 215 g/mol. The SMILES string of the molecule is Cc1c(-c2ccccc2N)cnn1C(C)C. The van der Waals surface area contributed by atoms with E-state index in [-0.39, 0.29) is 0 Å². The van der Waals surface area contributed by atoms with Gasteiger partial charge in [-0.25, -0.2) is 0 Å². The fourth-order valence-electron chi connectivity index (χ4n) is 1.95. The summed E-state index contributed by atoms with van der Waals surface area (Å²) in [5.74, 6) is 0. The molecule has 3 heteroatoms. The van der Waals surface area contributed by atoms with Crippen molar-refractivity contribution < 1.29 is 0 Å². The maximum absolute atomic E-state index is 5.97. The Morgan fingerprint density at radius 3 is 2.44 bits per heavy atom. The van der Waals surface area contributed by atoms with E-state index in [1.54, 1.807) is 0 Å². The minimum atomic E-state index is 0.374. The zero-order valence-electron chi connectivity index (χ0n) is 9.94. The summed E-state index contributed by atoms with van der Waals surface area (Å²) in [5, 5.41) is 4.39. The van der Waals surface area contributed by atoms with Crippen LogP contribution < -0.4 is 5.73 Å². The Morgan fingerprint density at radius 1 is 1.19 bits per heavy atom. The third-order valence-corrected chi connectivity index (χ3v) is 2.78. The minimum absolute atomic E-state index is 0.374. The molecule has 0 unspecified atom stereocenters. The van der Waals surface area contributed by atoms with Crippen LogP contribution in [0.4, 0.5) is 5.69 Å². The highest BCUT2D eigenvalue weighted by atomic mass is 15.3. The Labute approximate surface area is 95.9 Å². The van der Waals surface area contributed by atoms with Gasteiger partial charge in [0.1, 0.15) is 0 Å². The first-order valence-corrected chi connectivity index (χ1v) is 5.50. The van der Waals surface area contributed by atoms with Gasteiger partial charge >= 0.3 is 0 Å². The number of anilines is 1. The zero-order chi connectivity index (χ0) is 11.7. The third-order valence-electron chi connectivity index (χ3n) is 2.78. The van der Waals surface area contributed by atoms with Gasteiger partial charge in [0.25, 0.3) is 0 Å². The van der Waals surface area contributed by atoms with Crippen LogP contribution in [-0.2, 0) is 0 Å². The third kappa shape index (κ3) is 1.69. The molecule has 2 aromatic rings. The summed E-state index contributed by atoms with van der Waals surface area (Å²) in [6.45, 7) is 6.32. The zero-order valence-corrected chi connectivity index (χ0v) is 9.94. The molecular weight excluding hydrogens is 198 g/mol. The van der Waals surface area contributed by atoms with Crippen LogP contribution in [-0.4, -0.2) is 9.78 Å². The van der Waals surface area contributed by atoms with Crippen molar-refractivity contribution in [3.63, 3.8) is 0 Å². The van der Waals surface area contributed by atoms with Crippen LogP contribution in [0.5, 0.6) is 0 Å². The van der Waals surface area contributed by atoms with E-state index >= 15 is 0 Å². The van der Waals surface area contributed by atoms with Crippen molar-refractivity contribution in [2.45, 2.75) is 26.8 Å². The second kappa shape index (κ2) is 4.00. The summed E-state index contributed by atoms with van der Waals surface area (Å²) in [7, 11) is 0. The van der Waals surface area contributed by atoms with Crippen molar-refractivity contribution in [3.05, 3.63) is 36.2 Å². The summed E-state index contributed by atoms with van der Waals surface area (Å²) < 4.78 is 2.02. The van der Waals surface area contributed by atoms with Crippen molar-refractivity contribution in [2.24, 2.45) is 0 Å². The summed E-state index contributed by atoms with van der Waals surface area (Å²) >= 11 is 0. The number of hydrogen-bond donors (Lipinski definition) is 1. The van der Waals surface area contributed by atoms with Gasteiger partial charge in [0, 0.05) is 28.6 Å². The molecule has 0 atom stereocenters. The summed E-state index contributed by atoms with van der Waals surface area (Å²) in [4.78, 5) is 0. The van der Waals surface area contributed by atoms with Crippen molar-refractivity contribution >= 4 is 5.69 Å². The molecule has 0 fully saturated rings. The van der Waals surface area contributed by atoms with Gasteiger partial charge in [-0.3, -0.25) is 4.68 Å². The molecule has 84 valence electrons. The number of hydrogen-bond acceptors (Lipinski definition) is 2. The van der Waals surface area contributed by atoms with Gasteiger partial charge in [-0.1, -0.05) is 18.2 Å². The maximum atomic E-state index is 5.97. The van der Waals surface area contributed by atoms with Gasteiger partial charge in [-0.05, 0) is 26.8 Å². The number of para-hydroxylation sites is 1. The largest absolute Gasteiger partial charge is 0.398 e.